The predicted octanol–water partition coefficient (Wildman–Crippen LogP) is 3.57. The second kappa shape index (κ2) is 7.41. The molecule has 0 bridgehead atoms. The Balaban J connectivity index is 1.82. The molecule has 0 atom stereocenters. The topological polar surface area (TPSA) is 49.9 Å². The van der Waals surface area contributed by atoms with Gasteiger partial charge in [0, 0.05) is 18.1 Å². The SMILES string of the molecule is Cc1ccc(N2C(=O)C(c3ccc(Cl)cc3)=C(N3CCOCC3)C2=O)cc1C. The lowest BCUT2D eigenvalue weighted by Gasteiger charge is -2.29. The summed E-state index contributed by atoms with van der Waals surface area (Å²) in [5.41, 5.74) is 4.28. The van der Waals surface area contributed by atoms with Crippen LogP contribution in [0, 0.1) is 13.8 Å². The molecule has 4 rings (SSSR count). The lowest BCUT2D eigenvalue weighted by Crippen LogP contribution is -2.40. The van der Waals surface area contributed by atoms with E-state index in [0.29, 0.717) is 53.8 Å². The lowest BCUT2D eigenvalue weighted by molar-refractivity contribution is -0.121. The average molecular weight is 397 g/mol. The van der Waals surface area contributed by atoms with Gasteiger partial charge in [0.2, 0.25) is 0 Å². The van der Waals surface area contributed by atoms with Gasteiger partial charge in [-0.25, -0.2) is 4.90 Å². The number of imide groups is 1. The molecule has 0 spiro atoms. The number of benzene rings is 2. The fourth-order valence-electron chi connectivity index (χ4n) is 3.57. The third-order valence-electron chi connectivity index (χ3n) is 5.27. The van der Waals surface area contributed by atoms with E-state index in [0.717, 1.165) is 11.1 Å². The number of hydrogen-bond acceptors (Lipinski definition) is 4. The van der Waals surface area contributed by atoms with Crippen LogP contribution in [0.5, 0.6) is 0 Å². The Hall–Kier alpha value is -2.63. The molecule has 5 nitrogen and oxygen atoms in total. The van der Waals surface area contributed by atoms with Crippen LogP contribution in [-0.2, 0) is 14.3 Å². The molecular weight excluding hydrogens is 376 g/mol. The van der Waals surface area contributed by atoms with Crippen molar-refractivity contribution < 1.29 is 14.3 Å². The Morgan fingerprint density at radius 1 is 0.893 bits per heavy atom. The highest BCUT2D eigenvalue weighted by Crippen LogP contribution is 2.36. The first-order chi connectivity index (χ1) is 13.5. The van der Waals surface area contributed by atoms with Crippen molar-refractivity contribution in [1.82, 2.24) is 4.90 Å². The minimum Gasteiger partial charge on any atom is -0.378 e. The van der Waals surface area contributed by atoms with Crippen LogP contribution in [0.2, 0.25) is 5.02 Å². The van der Waals surface area contributed by atoms with Gasteiger partial charge < -0.3 is 9.64 Å². The Labute approximate surface area is 169 Å². The number of anilines is 1. The Morgan fingerprint density at radius 2 is 1.57 bits per heavy atom. The molecule has 144 valence electrons. The van der Waals surface area contributed by atoms with Gasteiger partial charge in [0.1, 0.15) is 5.70 Å². The minimum absolute atomic E-state index is 0.292. The summed E-state index contributed by atoms with van der Waals surface area (Å²) in [6.45, 7) is 6.19. The first kappa shape index (κ1) is 18.7. The van der Waals surface area contributed by atoms with Gasteiger partial charge in [-0.05, 0) is 54.8 Å². The van der Waals surface area contributed by atoms with Gasteiger partial charge in [0.15, 0.2) is 0 Å². The zero-order valence-electron chi connectivity index (χ0n) is 15.9. The molecule has 28 heavy (non-hydrogen) atoms. The maximum Gasteiger partial charge on any atom is 0.282 e. The van der Waals surface area contributed by atoms with Crippen LogP contribution >= 0.6 is 11.6 Å². The second-order valence-electron chi connectivity index (χ2n) is 7.04. The van der Waals surface area contributed by atoms with E-state index in [1.165, 1.54) is 4.90 Å². The number of rotatable bonds is 3. The van der Waals surface area contributed by atoms with E-state index in [1.54, 1.807) is 24.3 Å². The zero-order chi connectivity index (χ0) is 19.8. The summed E-state index contributed by atoms with van der Waals surface area (Å²) in [4.78, 5) is 30.0. The van der Waals surface area contributed by atoms with Crippen LogP contribution in [0.25, 0.3) is 5.57 Å². The maximum absolute atomic E-state index is 13.4. The lowest BCUT2D eigenvalue weighted by atomic mass is 10.0. The molecule has 2 amide bonds. The number of halogens is 1. The summed E-state index contributed by atoms with van der Waals surface area (Å²) in [5.74, 6) is -0.600. The Morgan fingerprint density at radius 3 is 2.21 bits per heavy atom. The van der Waals surface area contributed by atoms with Gasteiger partial charge in [0.05, 0.1) is 24.5 Å². The van der Waals surface area contributed by atoms with Crippen molar-refractivity contribution in [3.05, 3.63) is 69.9 Å². The van der Waals surface area contributed by atoms with Crippen molar-refractivity contribution in [2.24, 2.45) is 0 Å². The Bertz CT molecular complexity index is 976. The number of aryl methyl sites for hydroxylation is 2. The summed E-state index contributed by atoms with van der Waals surface area (Å²) < 4.78 is 5.43. The normalized spacial score (nSPS) is 17.7. The highest BCUT2D eigenvalue weighted by atomic mass is 35.5. The van der Waals surface area contributed by atoms with E-state index in [2.05, 4.69) is 0 Å². The van der Waals surface area contributed by atoms with Crippen molar-refractivity contribution in [2.75, 3.05) is 31.2 Å². The van der Waals surface area contributed by atoms with Gasteiger partial charge in [0.25, 0.3) is 11.8 Å². The smallest absolute Gasteiger partial charge is 0.282 e. The average Bonchev–Trinajstić information content (AvgIpc) is 2.96. The van der Waals surface area contributed by atoms with Crippen LogP contribution in [0.15, 0.2) is 48.2 Å². The van der Waals surface area contributed by atoms with E-state index in [1.807, 2.05) is 36.9 Å². The van der Waals surface area contributed by atoms with Gasteiger partial charge in [-0.1, -0.05) is 29.8 Å². The molecule has 2 aromatic rings. The number of nitrogens with zero attached hydrogens (tertiary/aromatic N) is 2. The fourth-order valence-corrected chi connectivity index (χ4v) is 3.70. The summed E-state index contributed by atoms with van der Waals surface area (Å²) in [7, 11) is 0. The van der Waals surface area contributed by atoms with Gasteiger partial charge in [-0.3, -0.25) is 9.59 Å². The van der Waals surface area contributed by atoms with Crippen molar-refractivity contribution in [3.63, 3.8) is 0 Å². The zero-order valence-corrected chi connectivity index (χ0v) is 16.6. The predicted molar refractivity (Wildman–Crippen MR) is 109 cm³/mol. The summed E-state index contributed by atoms with van der Waals surface area (Å²) in [6, 6.07) is 12.7. The van der Waals surface area contributed by atoms with Gasteiger partial charge >= 0.3 is 0 Å². The third-order valence-corrected chi connectivity index (χ3v) is 5.52. The molecule has 2 aliphatic heterocycles. The molecule has 0 saturated carbocycles. The van der Waals surface area contributed by atoms with E-state index >= 15 is 0 Å². The highest BCUT2D eigenvalue weighted by molar-refractivity contribution is 6.45. The first-order valence-electron chi connectivity index (χ1n) is 9.26. The molecule has 2 aromatic carbocycles. The molecule has 0 N–H and O–H groups in total. The molecule has 0 aliphatic carbocycles. The highest BCUT2D eigenvalue weighted by Gasteiger charge is 2.42. The summed E-state index contributed by atoms with van der Waals surface area (Å²) in [6.07, 6.45) is 0. The van der Waals surface area contributed by atoms with E-state index in [4.69, 9.17) is 16.3 Å². The quantitative estimate of drug-likeness (QED) is 0.744. The van der Waals surface area contributed by atoms with Gasteiger partial charge in [-0.15, -0.1) is 0 Å². The largest absolute Gasteiger partial charge is 0.378 e. The minimum atomic E-state index is -0.308. The molecular formula is C22H21ClN2O3. The molecule has 0 unspecified atom stereocenters. The number of carbonyl (C=O) groups is 2. The van der Waals surface area contributed by atoms with Crippen molar-refractivity contribution in [1.29, 1.82) is 0 Å². The van der Waals surface area contributed by atoms with Crippen LogP contribution in [0.1, 0.15) is 16.7 Å². The molecule has 1 fully saturated rings. The van der Waals surface area contributed by atoms with Crippen LogP contribution in [0.4, 0.5) is 5.69 Å². The Kier molecular flexibility index (Phi) is 4.96. The van der Waals surface area contributed by atoms with E-state index in [-0.39, 0.29) is 11.8 Å². The number of amides is 2. The third kappa shape index (κ3) is 3.21. The summed E-state index contributed by atoms with van der Waals surface area (Å²) in [5, 5.41) is 0.583. The van der Waals surface area contributed by atoms with E-state index < -0.39 is 0 Å². The van der Waals surface area contributed by atoms with Crippen LogP contribution in [-0.4, -0.2) is 43.0 Å². The number of hydrogen-bond donors (Lipinski definition) is 0. The van der Waals surface area contributed by atoms with Crippen molar-refractivity contribution >= 4 is 34.7 Å². The molecule has 1 saturated heterocycles. The molecule has 0 aromatic heterocycles. The van der Waals surface area contributed by atoms with Crippen molar-refractivity contribution in [2.45, 2.75) is 13.8 Å². The van der Waals surface area contributed by atoms with Gasteiger partial charge in [-0.2, -0.15) is 0 Å². The molecule has 0 radical (unpaired) electrons. The monoisotopic (exact) mass is 396 g/mol. The molecule has 2 aliphatic rings. The molecule has 6 heteroatoms. The number of ether oxygens (including phenoxy) is 1. The first-order valence-corrected chi connectivity index (χ1v) is 9.64. The van der Waals surface area contributed by atoms with Crippen molar-refractivity contribution in [3.8, 4) is 0 Å². The fraction of sp³-hybridized carbons (Fsp3) is 0.273. The number of morpholine rings is 1. The standard InChI is InChI=1S/C22H21ClN2O3/c1-14-3-8-18(13-15(14)2)25-21(26)19(16-4-6-17(23)7-5-16)20(22(25)27)24-9-11-28-12-10-24/h3-8,13H,9-12H2,1-2H3. The van der Waals surface area contributed by atoms with Crippen LogP contribution < -0.4 is 4.90 Å². The molecule has 2 heterocycles. The van der Waals surface area contributed by atoms with Crippen LogP contribution in [0.3, 0.4) is 0 Å². The summed E-state index contributed by atoms with van der Waals surface area (Å²) >= 11 is 6.02. The second-order valence-corrected chi connectivity index (χ2v) is 7.48. The van der Waals surface area contributed by atoms with E-state index in [9.17, 15) is 9.59 Å². The number of carbonyl (C=O) groups excluding carboxylic acids is 2. The maximum atomic E-state index is 13.4.